The molecule has 0 aliphatic carbocycles. The van der Waals surface area contributed by atoms with Crippen molar-refractivity contribution in [2.24, 2.45) is 0 Å². The van der Waals surface area contributed by atoms with Gasteiger partial charge < -0.3 is 15.4 Å². The molecule has 0 atom stereocenters. The smallest absolute Gasteiger partial charge is 0.338 e. The first-order valence-electron chi connectivity index (χ1n) is 11.8. The van der Waals surface area contributed by atoms with Crippen molar-refractivity contribution in [3.63, 3.8) is 0 Å². The van der Waals surface area contributed by atoms with Crippen LogP contribution in [0.5, 0.6) is 0 Å². The maximum Gasteiger partial charge on any atom is 0.338 e. The van der Waals surface area contributed by atoms with E-state index in [2.05, 4.69) is 10.6 Å². The zero-order valence-corrected chi connectivity index (χ0v) is 21.8. The van der Waals surface area contributed by atoms with E-state index in [-0.39, 0.29) is 22.0 Å². The second-order valence-corrected chi connectivity index (χ2v) is 9.16. The minimum atomic E-state index is -0.691. The molecule has 3 aromatic rings. The molecular formula is C28H23Cl2N3O5. The van der Waals surface area contributed by atoms with Gasteiger partial charge in [-0.3, -0.25) is 14.4 Å². The summed E-state index contributed by atoms with van der Waals surface area (Å²) < 4.78 is 5.22. The van der Waals surface area contributed by atoms with Crippen molar-refractivity contribution in [2.75, 3.05) is 22.1 Å². The highest BCUT2D eigenvalue weighted by Crippen LogP contribution is 2.31. The van der Waals surface area contributed by atoms with Crippen LogP contribution >= 0.6 is 23.2 Å². The van der Waals surface area contributed by atoms with Gasteiger partial charge in [-0.2, -0.15) is 0 Å². The summed E-state index contributed by atoms with van der Waals surface area (Å²) in [6.07, 6.45) is 1.68. The highest BCUT2D eigenvalue weighted by molar-refractivity contribution is 6.53. The van der Waals surface area contributed by atoms with Crippen molar-refractivity contribution in [1.82, 2.24) is 0 Å². The number of carbonyl (C=O) groups excluding carboxylic acids is 4. The van der Waals surface area contributed by atoms with Crippen LogP contribution in [0.2, 0.25) is 5.02 Å². The van der Waals surface area contributed by atoms with Gasteiger partial charge in [-0.05, 0) is 61.0 Å². The molecule has 0 spiro atoms. The summed E-state index contributed by atoms with van der Waals surface area (Å²) in [5, 5.41) is 5.67. The van der Waals surface area contributed by atoms with Gasteiger partial charge in [-0.15, -0.1) is 0 Å². The number of ether oxygens (including phenoxy) is 1. The molecule has 0 fully saturated rings. The molecule has 0 bridgehead atoms. The quantitative estimate of drug-likeness (QED) is 0.192. The number of nitrogens with zero attached hydrogens (tertiary/aromatic N) is 1. The van der Waals surface area contributed by atoms with Crippen LogP contribution in [0.1, 0.15) is 40.5 Å². The van der Waals surface area contributed by atoms with E-state index in [4.69, 9.17) is 27.9 Å². The minimum absolute atomic E-state index is 0.122. The largest absolute Gasteiger partial charge is 0.462 e. The van der Waals surface area contributed by atoms with E-state index in [1.807, 2.05) is 6.92 Å². The molecule has 3 amide bonds. The van der Waals surface area contributed by atoms with E-state index in [0.717, 1.165) is 17.7 Å². The Kier molecular flexibility index (Phi) is 8.45. The third-order valence-corrected chi connectivity index (χ3v) is 6.16. The molecule has 3 aromatic carbocycles. The molecular weight excluding hydrogens is 529 g/mol. The lowest BCUT2D eigenvalue weighted by molar-refractivity contribution is -0.120. The Bertz CT molecular complexity index is 1450. The van der Waals surface area contributed by atoms with Crippen LogP contribution in [-0.2, 0) is 14.3 Å². The van der Waals surface area contributed by atoms with E-state index in [9.17, 15) is 19.2 Å². The number of esters is 1. The predicted octanol–water partition coefficient (Wildman–Crippen LogP) is 5.98. The second kappa shape index (κ2) is 11.9. The fraction of sp³-hybridized carbons (Fsp3) is 0.143. The average Bonchev–Trinajstić information content (AvgIpc) is 3.12. The monoisotopic (exact) mass is 551 g/mol. The van der Waals surface area contributed by atoms with E-state index in [1.54, 1.807) is 54.6 Å². The number of imide groups is 1. The van der Waals surface area contributed by atoms with Crippen molar-refractivity contribution in [1.29, 1.82) is 0 Å². The molecule has 2 N–H and O–H groups in total. The number of carbonyl (C=O) groups is 4. The van der Waals surface area contributed by atoms with Gasteiger partial charge in [0.05, 0.1) is 17.9 Å². The number of amides is 3. The van der Waals surface area contributed by atoms with Crippen molar-refractivity contribution in [2.45, 2.75) is 19.8 Å². The first-order chi connectivity index (χ1) is 18.3. The molecule has 4 rings (SSSR count). The summed E-state index contributed by atoms with van der Waals surface area (Å²) in [6, 6.07) is 19.1. The maximum absolute atomic E-state index is 13.0. The standard InChI is InChI=1S/C28H23Cl2N3O5/c1-2-3-13-38-28(37)18-8-5-11-21(15-18)32-25(34)17-7-4-10-20(14-17)31-24-23(30)26(35)33(27(24)36)22-12-6-9-19(29)16-22/h4-12,14-16,31H,2-3,13H2,1H3,(H,32,34). The third kappa shape index (κ3) is 6.04. The van der Waals surface area contributed by atoms with Gasteiger partial charge in [0, 0.05) is 22.0 Å². The number of anilines is 3. The van der Waals surface area contributed by atoms with Gasteiger partial charge in [0.25, 0.3) is 17.7 Å². The van der Waals surface area contributed by atoms with Crippen LogP contribution in [0, 0.1) is 0 Å². The molecule has 194 valence electrons. The first kappa shape index (κ1) is 26.9. The van der Waals surface area contributed by atoms with Crippen LogP contribution in [0.25, 0.3) is 0 Å². The number of rotatable bonds is 9. The van der Waals surface area contributed by atoms with Crippen LogP contribution in [0.15, 0.2) is 83.5 Å². The molecule has 1 aliphatic heterocycles. The Morgan fingerprint density at radius 1 is 0.868 bits per heavy atom. The van der Waals surface area contributed by atoms with E-state index in [1.165, 1.54) is 18.2 Å². The summed E-state index contributed by atoms with van der Waals surface area (Å²) in [5.74, 6) is -2.25. The molecule has 0 saturated carbocycles. The number of halogens is 2. The molecule has 0 saturated heterocycles. The third-order valence-electron chi connectivity index (χ3n) is 5.57. The zero-order valence-electron chi connectivity index (χ0n) is 20.3. The minimum Gasteiger partial charge on any atom is -0.462 e. The van der Waals surface area contributed by atoms with Gasteiger partial charge in [-0.25, -0.2) is 9.69 Å². The van der Waals surface area contributed by atoms with Crippen molar-refractivity contribution < 1.29 is 23.9 Å². The summed E-state index contributed by atoms with van der Waals surface area (Å²) in [4.78, 5) is 51.8. The Labute approximate surface area is 229 Å². The lowest BCUT2D eigenvalue weighted by Gasteiger charge is -2.15. The maximum atomic E-state index is 13.0. The van der Waals surface area contributed by atoms with Crippen molar-refractivity contribution in [3.05, 3.63) is 99.7 Å². The van der Waals surface area contributed by atoms with E-state index < -0.39 is 23.7 Å². The fourth-order valence-corrected chi connectivity index (χ4v) is 4.06. The topological polar surface area (TPSA) is 105 Å². The lowest BCUT2D eigenvalue weighted by atomic mass is 10.1. The number of benzene rings is 3. The SMILES string of the molecule is CCCCOC(=O)c1cccc(NC(=O)c2cccc(NC3=C(Cl)C(=O)N(c4cccc(Cl)c4)C3=O)c2)c1. The number of unbranched alkanes of at least 4 members (excludes halogenated alkanes) is 1. The number of hydrogen-bond donors (Lipinski definition) is 2. The van der Waals surface area contributed by atoms with E-state index in [0.29, 0.717) is 28.6 Å². The number of nitrogens with one attached hydrogen (secondary N) is 2. The van der Waals surface area contributed by atoms with E-state index >= 15 is 0 Å². The van der Waals surface area contributed by atoms with Gasteiger partial charge in [0.1, 0.15) is 10.7 Å². The Morgan fingerprint density at radius 3 is 2.29 bits per heavy atom. The normalized spacial score (nSPS) is 13.1. The fourth-order valence-electron chi connectivity index (χ4n) is 3.66. The molecule has 10 heteroatoms. The molecule has 1 heterocycles. The van der Waals surface area contributed by atoms with Crippen molar-refractivity contribution >= 4 is 64.0 Å². The molecule has 8 nitrogen and oxygen atoms in total. The van der Waals surface area contributed by atoms with Crippen LogP contribution < -0.4 is 15.5 Å². The molecule has 0 unspecified atom stereocenters. The summed E-state index contributed by atoms with van der Waals surface area (Å²) in [6.45, 7) is 2.33. The van der Waals surface area contributed by atoms with Gasteiger partial charge >= 0.3 is 5.97 Å². The average molecular weight is 552 g/mol. The number of hydrogen-bond acceptors (Lipinski definition) is 6. The van der Waals surface area contributed by atoms with Crippen molar-refractivity contribution in [3.8, 4) is 0 Å². The summed E-state index contributed by atoms with van der Waals surface area (Å²) >= 11 is 12.2. The highest BCUT2D eigenvalue weighted by Gasteiger charge is 2.39. The van der Waals surface area contributed by atoms with Gasteiger partial charge in [-0.1, -0.05) is 54.7 Å². The van der Waals surface area contributed by atoms with Crippen LogP contribution in [-0.4, -0.2) is 30.3 Å². The van der Waals surface area contributed by atoms with Crippen LogP contribution in [0.3, 0.4) is 0 Å². The molecule has 0 aromatic heterocycles. The summed E-state index contributed by atoms with van der Waals surface area (Å²) in [7, 11) is 0. The molecule has 0 radical (unpaired) electrons. The molecule has 38 heavy (non-hydrogen) atoms. The Morgan fingerprint density at radius 2 is 1.55 bits per heavy atom. The zero-order chi connectivity index (χ0) is 27.2. The predicted molar refractivity (Wildman–Crippen MR) is 146 cm³/mol. The molecule has 1 aliphatic rings. The summed E-state index contributed by atoms with van der Waals surface area (Å²) in [5.41, 5.74) is 1.54. The first-order valence-corrected chi connectivity index (χ1v) is 12.5. The lowest BCUT2D eigenvalue weighted by Crippen LogP contribution is -2.32. The Hall–Kier alpha value is -4.14. The second-order valence-electron chi connectivity index (χ2n) is 8.34. The van der Waals surface area contributed by atoms with Gasteiger partial charge in [0.15, 0.2) is 0 Å². The van der Waals surface area contributed by atoms with Gasteiger partial charge in [0.2, 0.25) is 0 Å². The Balaban J connectivity index is 1.47. The van der Waals surface area contributed by atoms with Crippen LogP contribution in [0.4, 0.5) is 17.1 Å². The highest BCUT2D eigenvalue weighted by atomic mass is 35.5.